The summed E-state index contributed by atoms with van der Waals surface area (Å²) in [4.78, 5) is 28.3. The van der Waals surface area contributed by atoms with Crippen LogP contribution in [0, 0.1) is 17.1 Å². The maximum Gasteiger partial charge on any atom is 0.410 e. The number of likely N-dealkylation sites (tertiary alicyclic amines) is 1. The van der Waals surface area contributed by atoms with E-state index in [2.05, 4.69) is 6.07 Å². The Kier molecular flexibility index (Phi) is 5.35. The van der Waals surface area contributed by atoms with Gasteiger partial charge in [-0.15, -0.1) is 0 Å². The van der Waals surface area contributed by atoms with Gasteiger partial charge >= 0.3 is 6.09 Å². The quantitative estimate of drug-likeness (QED) is 0.742. The molecule has 154 valence electrons. The number of hydrogen-bond acceptors (Lipinski definition) is 4. The molecule has 2 aliphatic rings. The Morgan fingerprint density at radius 1 is 1.23 bits per heavy atom. The molecule has 2 saturated heterocycles. The summed E-state index contributed by atoms with van der Waals surface area (Å²) in [6, 6.07) is 13.6. The summed E-state index contributed by atoms with van der Waals surface area (Å²) in [6.45, 7) is 1.48. The van der Waals surface area contributed by atoms with Crippen LogP contribution < -0.4 is 0 Å². The molecule has 0 aromatic heterocycles. The second-order valence-corrected chi connectivity index (χ2v) is 8.02. The largest absolute Gasteiger partial charge is 0.441 e. The molecule has 2 aromatic rings. The smallest absolute Gasteiger partial charge is 0.410 e. The number of amides is 2. The molecule has 0 radical (unpaired) electrons. The topological polar surface area (TPSA) is 73.6 Å². The Hall–Kier alpha value is -3.11. The van der Waals surface area contributed by atoms with Crippen molar-refractivity contribution in [3.63, 3.8) is 0 Å². The van der Waals surface area contributed by atoms with Crippen molar-refractivity contribution in [2.45, 2.75) is 25.0 Å². The number of halogens is 2. The van der Waals surface area contributed by atoms with Crippen LogP contribution in [0.15, 0.2) is 42.5 Å². The summed E-state index contributed by atoms with van der Waals surface area (Å²) < 4.78 is 19.9. The van der Waals surface area contributed by atoms with E-state index in [1.807, 2.05) is 6.07 Å². The van der Waals surface area contributed by atoms with Crippen molar-refractivity contribution in [2.24, 2.45) is 0 Å². The Morgan fingerprint density at radius 2 is 1.97 bits per heavy atom. The molecule has 6 nitrogen and oxygen atoms in total. The molecule has 1 spiro atoms. The molecular weight excluding hydrogens is 409 g/mol. The number of rotatable bonds is 3. The molecular formula is C22H19ClFN3O3. The van der Waals surface area contributed by atoms with E-state index >= 15 is 0 Å². The summed E-state index contributed by atoms with van der Waals surface area (Å²) in [7, 11) is 0. The second kappa shape index (κ2) is 7.96. The number of carbonyl (C=O) groups is 2. The first-order chi connectivity index (χ1) is 14.4. The number of hydrogen-bond donors (Lipinski definition) is 0. The summed E-state index contributed by atoms with van der Waals surface area (Å²) >= 11 is 5.79. The molecule has 8 heteroatoms. The monoisotopic (exact) mass is 427 g/mol. The minimum atomic E-state index is -0.720. The lowest BCUT2D eigenvalue weighted by molar-refractivity contribution is 0.00302. The number of ether oxygens (including phenoxy) is 1. The molecule has 0 atom stereocenters. The molecule has 4 rings (SSSR count). The van der Waals surface area contributed by atoms with Gasteiger partial charge in [-0.25, -0.2) is 9.18 Å². The maximum absolute atomic E-state index is 14.2. The van der Waals surface area contributed by atoms with Crippen LogP contribution >= 0.6 is 11.6 Å². The third-order valence-electron chi connectivity index (χ3n) is 5.61. The van der Waals surface area contributed by atoms with E-state index in [4.69, 9.17) is 21.6 Å². The van der Waals surface area contributed by atoms with Crippen LogP contribution in [0.4, 0.5) is 9.18 Å². The predicted molar refractivity (Wildman–Crippen MR) is 107 cm³/mol. The van der Waals surface area contributed by atoms with Crippen LogP contribution in [0.1, 0.15) is 34.3 Å². The van der Waals surface area contributed by atoms with Gasteiger partial charge in [0.15, 0.2) is 5.82 Å². The van der Waals surface area contributed by atoms with Crippen LogP contribution in [0.5, 0.6) is 0 Å². The van der Waals surface area contributed by atoms with Gasteiger partial charge in [-0.05, 0) is 29.8 Å². The Balaban J connectivity index is 1.41. The number of piperidine rings is 1. The highest BCUT2D eigenvalue weighted by atomic mass is 35.5. The highest BCUT2D eigenvalue weighted by Gasteiger charge is 2.47. The van der Waals surface area contributed by atoms with Gasteiger partial charge in [0.2, 0.25) is 0 Å². The Bertz CT molecular complexity index is 1040. The molecule has 0 aliphatic carbocycles. The first-order valence-corrected chi connectivity index (χ1v) is 9.99. The first-order valence-electron chi connectivity index (χ1n) is 9.61. The van der Waals surface area contributed by atoms with E-state index in [0.717, 1.165) is 5.56 Å². The summed E-state index contributed by atoms with van der Waals surface area (Å²) in [6.07, 6.45) is 0.543. The lowest BCUT2D eigenvalue weighted by Gasteiger charge is -2.37. The summed E-state index contributed by atoms with van der Waals surface area (Å²) in [5, 5.41) is 8.95. The fourth-order valence-electron chi connectivity index (χ4n) is 3.99. The van der Waals surface area contributed by atoms with E-state index in [9.17, 15) is 14.0 Å². The summed E-state index contributed by atoms with van der Waals surface area (Å²) in [5.74, 6) is -1.14. The van der Waals surface area contributed by atoms with Gasteiger partial charge in [0.1, 0.15) is 5.60 Å². The van der Waals surface area contributed by atoms with Crippen LogP contribution in [0.2, 0.25) is 5.02 Å². The van der Waals surface area contributed by atoms with E-state index in [-0.39, 0.29) is 10.6 Å². The average molecular weight is 428 g/mol. The fourth-order valence-corrected chi connectivity index (χ4v) is 4.17. The maximum atomic E-state index is 14.2. The number of carbonyl (C=O) groups excluding carboxylic acids is 2. The van der Waals surface area contributed by atoms with Crippen LogP contribution in [0.3, 0.4) is 0 Å². The van der Waals surface area contributed by atoms with Crippen molar-refractivity contribution >= 4 is 23.6 Å². The molecule has 0 N–H and O–H groups in total. The number of nitrogens with zero attached hydrogens (tertiary/aromatic N) is 3. The van der Waals surface area contributed by atoms with Crippen molar-refractivity contribution < 1.29 is 18.7 Å². The van der Waals surface area contributed by atoms with E-state index < -0.39 is 23.4 Å². The zero-order valence-corrected chi connectivity index (χ0v) is 16.9. The molecule has 2 aromatic carbocycles. The molecule has 2 amide bonds. The highest BCUT2D eigenvalue weighted by Crippen LogP contribution is 2.34. The number of benzene rings is 2. The van der Waals surface area contributed by atoms with Gasteiger partial charge in [-0.2, -0.15) is 5.26 Å². The van der Waals surface area contributed by atoms with Crippen molar-refractivity contribution in [3.8, 4) is 6.07 Å². The van der Waals surface area contributed by atoms with Gasteiger partial charge in [0.05, 0.1) is 28.8 Å². The molecule has 2 fully saturated rings. The normalized spacial score (nSPS) is 17.7. The van der Waals surface area contributed by atoms with Crippen molar-refractivity contribution in [1.29, 1.82) is 5.26 Å². The highest BCUT2D eigenvalue weighted by molar-refractivity contribution is 6.31. The zero-order valence-electron chi connectivity index (χ0n) is 16.1. The predicted octanol–water partition coefficient (Wildman–Crippen LogP) is 3.98. The van der Waals surface area contributed by atoms with Crippen molar-refractivity contribution in [1.82, 2.24) is 9.80 Å². The Morgan fingerprint density at radius 3 is 2.70 bits per heavy atom. The minimum absolute atomic E-state index is 0.0548. The first kappa shape index (κ1) is 20.2. The van der Waals surface area contributed by atoms with Crippen LogP contribution in [-0.2, 0) is 11.3 Å². The van der Waals surface area contributed by atoms with Crippen LogP contribution in [-0.4, -0.2) is 47.0 Å². The molecule has 2 heterocycles. The second-order valence-electron chi connectivity index (χ2n) is 7.61. The van der Waals surface area contributed by atoms with Gasteiger partial charge in [-0.1, -0.05) is 29.8 Å². The third kappa shape index (κ3) is 3.83. The van der Waals surface area contributed by atoms with Gasteiger partial charge in [-0.3, -0.25) is 9.69 Å². The molecule has 0 unspecified atom stereocenters. The lowest BCUT2D eigenvalue weighted by atomic mass is 9.91. The van der Waals surface area contributed by atoms with Crippen molar-refractivity contribution in [3.05, 3.63) is 70.0 Å². The Labute approximate surface area is 178 Å². The number of nitriles is 1. The average Bonchev–Trinajstić information content (AvgIpc) is 3.04. The third-order valence-corrected chi connectivity index (χ3v) is 5.91. The van der Waals surface area contributed by atoms with Crippen LogP contribution in [0.25, 0.3) is 0 Å². The molecule has 0 saturated carbocycles. The molecule has 0 bridgehead atoms. The minimum Gasteiger partial charge on any atom is -0.441 e. The van der Waals surface area contributed by atoms with Crippen molar-refractivity contribution in [2.75, 3.05) is 19.6 Å². The van der Waals surface area contributed by atoms with E-state index in [0.29, 0.717) is 44.6 Å². The van der Waals surface area contributed by atoms with E-state index in [1.54, 1.807) is 34.1 Å². The fraction of sp³-hybridized carbons (Fsp3) is 0.318. The van der Waals surface area contributed by atoms with Gasteiger partial charge in [0, 0.05) is 32.5 Å². The zero-order chi connectivity index (χ0) is 21.3. The standard InChI is InChI=1S/C22H19ClFN3O3/c23-18-6-2-5-17(19(18)24)20(28)26-9-7-22(8-10-26)14-27(21(29)30-22)13-16-4-1-3-15(11-16)12-25/h1-6,11H,7-10,13-14H2. The molecule has 30 heavy (non-hydrogen) atoms. The summed E-state index contributed by atoms with van der Waals surface area (Å²) in [5.41, 5.74) is 0.677. The molecule has 2 aliphatic heterocycles. The SMILES string of the molecule is N#Cc1cccc(CN2CC3(CCN(C(=O)c4cccc(Cl)c4F)CC3)OC2=O)c1. The van der Waals surface area contributed by atoms with E-state index in [1.165, 1.54) is 12.1 Å². The van der Waals surface area contributed by atoms with Gasteiger partial charge in [0.25, 0.3) is 5.91 Å². The lowest BCUT2D eigenvalue weighted by Crippen LogP contribution is -2.48. The van der Waals surface area contributed by atoms with Gasteiger partial charge < -0.3 is 9.64 Å².